The summed E-state index contributed by atoms with van der Waals surface area (Å²) in [6.45, 7) is -0.218. The monoisotopic (exact) mass is 213 g/mol. The van der Waals surface area contributed by atoms with Crippen molar-refractivity contribution in [2.24, 2.45) is 5.73 Å². The lowest BCUT2D eigenvalue weighted by atomic mass is 10.2. The van der Waals surface area contributed by atoms with Crippen molar-refractivity contribution in [2.75, 3.05) is 6.54 Å². The Morgan fingerprint density at radius 1 is 1.57 bits per heavy atom. The van der Waals surface area contributed by atoms with E-state index in [9.17, 15) is 9.59 Å². The van der Waals surface area contributed by atoms with Crippen LogP contribution in [0.5, 0.6) is 0 Å². The van der Waals surface area contributed by atoms with Crippen LogP contribution in [0.2, 0.25) is 5.02 Å². The van der Waals surface area contributed by atoms with E-state index in [-0.39, 0.29) is 17.1 Å². The Morgan fingerprint density at radius 3 is 2.86 bits per heavy atom. The molecule has 0 spiro atoms. The van der Waals surface area contributed by atoms with Crippen LogP contribution in [0.1, 0.15) is 10.4 Å². The number of rotatable bonds is 3. The number of nitrogens with two attached hydrogens (primary N) is 1. The molecular formula is C8H8ClN3O2. The maximum atomic E-state index is 11.3. The first-order valence-corrected chi connectivity index (χ1v) is 4.15. The summed E-state index contributed by atoms with van der Waals surface area (Å²) in [7, 11) is 0. The first-order chi connectivity index (χ1) is 6.61. The Labute approximate surface area is 85.3 Å². The Hall–Kier alpha value is -1.62. The fourth-order valence-electron chi connectivity index (χ4n) is 0.807. The molecule has 0 aliphatic heterocycles. The van der Waals surface area contributed by atoms with Crippen LogP contribution in [0, 0.1) is 0 Å². The van der Waals surface area contributed by atoms with E-state index in [0.717, 1.165) is 0 Å². The summed E-state index contributed by atoms with van der Waals surface area (Å²) in [4.78, 5) is 25.4. The molecule has 6 heteroatoms. The lowest BCUT2D eigenvalue weighted by Crippen LogP contribution is -2.33. The fourth-order valence-corrected chi connectivity index (χ4v) is 0.998. The predicted octanol–water partition coefficient (Wildman–Crippen LogP) is -0.0499. The van der Waals surface area contributed by atoms with Gasteiger partial charge >= 0.3 is 0 Å². The van der Waals surface area contributed by atoms with Gasteiger partial charge in [-0.1, -0.05) is 11.6 Å². The number of hydrogen-bond acceptors (Lipinski definition) is 3. The van der Waals surface area contributed by atoms with E-state index in [1.165, 1.54) is 18.5 Å². The number of amides is 2. The zero-order valence-corrected chi connectivity index (χ0v) is 7.91. The summed E-state index contributed by atoms with van der Waals surface area (Å²) in [6, 6.07) is 1.49. The standard InChI is InChI=1S/C8H8ClN3O2/c9-6-1-2-11-3-5(6)8(14)12-4-7(10)13/h1-3H,4H2,(H2,10,13)(H,12,14). The summed E-state index contributed by atoms with van der Waals surface area (Å²) >= 11 is 5.72. The smallest absolute Gasteiger partial charge is 0.254 e. The molecule has 74 valence electrons. The van der Waals surface area contributed by atoms with E-state index in [1.807, 2.05) is 0 Å². The summed E-state index contributed by atoms with van der Waals surface area (Å²) in [5.41, 5.74) is 5.07. The topological polar surface area (TPSA) is 85.1 Å². The number of pyridine rings is 1. The summed E-state index contributed by atoms with van der Waals surface area (Å²) in [6.07, 6.45) is 2.78. The van der Waals surface area contributed by atoms with Crippen LogP contribution in [0.15, 0.2) is 18.5 Å². The molecule has 0 atom stereocenters. The zero-order valence-electron chi connectivity index (χ0n) is 7.16. The van der Waals surface area contributed by atoms with Gasteiger partial charge in [-0.2, -0.15) is 0 Å². The van der Waals surface area contributed by atoms with Gasteiger partial charge in [-0.05, 0) is 6.07 Å². The Morgan fingerprint density at radius 2 is 2.29 bits per heavy atom. The minimum atomic E-state index is -0.613. The molecule has 0 saturated heterocycles. The molecular weight excluding hydrogens is 206 g/mol. The highest BCUT2D eigenvalue weighted by Gasteiger charge is 2.09. The number of nitrogens with zero attached hydrogens (tertiary/aromatic N) is 1. The van der Waals surface area contributed by atoms with Crippen LogP contribution < -0.4 is 11.1 Å². The highest BCUT2D eigenvalue weighted by Crippen LogP contribution is 2.12. The highest BCUT2D eigenvalue weighted by molar-refractivity contribution is 6.33. The van der Waals surface area contributed by atoms with Crippen LogP contribution in [0.3, 0.4) is 0 Å². The number of primary amides is 1. The lowest BCUT2D eigenvalue weighted by molar-refractivity contribution is -0.117. The second kappa shape index (κ2) is 4.57. The zero-order chi connectivity index (χ0) is 10.6. The molecule has 0 radical (unpaired) electrons. The van der Waals surface area contributed by atoms with E-state index in [4.69, 9.17) is 17.3 Å². The average molecular weight is 214 g/mol. The maximum absolute atomic E-state index is 11.3. The average Bonchev–Trinajstić information content (AvgIpc) is 2.15. The second-order valence-electron chi connectivity index (χ2n) is 2.50. The molecule has 1 rings (SSSR count). The molecule has 0 saturated carbocycles. The van der Waals surface area contributed by atoms with Gasteiger partial charge in [0.15, 0.2) is 0 Å². The van der Waals surface area contributed by atoms with Crippen LogP contribution >= 0.6 is 11.6 Å². The summed E-state index contributed by atoms with van der Waals surface area (Å²) in [5.74, 6) is -1.08. The first-order valence-electron chi connectivity index (χ1n) is 3.77. The molecule has 14 heavy (non-hydrogen) atoms. The largest absolute Gasteiger partial charge is 0.368 e. The molecule has 0 fully saturated rings. The number of aromatic nitrogens is 1. The third kappa shape index (κ3) is 2.70. The number of halogens is 1. The molecule has 1 aromatic heterocycles. The van der Waals surface area contributed by atoms with Crippen molar-refractivity contribution in [3.8, 4) is 0 Å². The molecule has 5 nitrogen and oxygen atoms in total. The van der Waals surface area contributed by atoms with Crippen LogP contribution in [-0.2, 0) is 4.79 Å². The Kier molecular flexibility index (Phi) is 3.41. The van der Waals surface area contributed by atoms with Gasteiger partial charge in [-0.25, -0.2) is 0 Å². The molecule has 3 N–H and O–H groups in total. The fraction of sp³-hybridized carbons (Fsp3) is 0.125. The minimum absolute atomic E-state index is 0.218. The van der Waals surface area contributed by atoms with Crippen molar-refractivity contribution in [3.63, 3.8) is 0 Å². The van der Waals surface area contributed by atoms with Crippen molar-refractivity contribution in [3.05, 3.63) is 29.0 Å². The van der Waals surface area contributed by atoms with Crippen LogP contribution in [0.25, 0.3) is 0 Å². The van der Waals surface area contributed by atoms with E-state index in [2.05, 4.69) is 10.3 Å². The van der Waals surface area contributed by atoms with Crippen LogP contribution in [0.4, 0.5) is 0 Å². The van der Waals surface area contributed by atoms with E-state index < -0.39 is 11.8 Å². The molecule has 0 bridgehead atoms. The van der Waals surface area contributed by atoms with Gasteiger partial charge in [0.05, 0.1) is 17.1 Å². The molecule has 1 aromatic rings. The molecule has 2 amide bonds. The molecule has 1 heterocycles. The van der Waals surface area contributed by atoms with E-state index >= 15 is 0 Å². The molecule has 0 aromatic carbocycles. The third-order valence-corrected chi connectivity index (χ3v) is 1.77. The minimum Gasteiger partial charge on any atom is -0.368 e. The van der Waals surface area contributed by atoms with Gasteiger partial charge < -0.3 is 11.1 Å². The Balaban J connectivity index is 2.70. The normalized spacial score (nSPS) is 9.50. The molecule has 0 unspecified atom stereocenters. The predicted molar refractivity (Wildman–Crippen MR) is 50.8 cm³/mol. The number of hydrogen-bond donors (Lipinski definition) is 2. The van der Waals surface area contributed by atoms with E-state index in [0.29, 0.717) is 0 Å². The van der Waals surface area contributed by atoms with Crippen molar-refractivity contribution in [1.82, 2.24) is 10.3 Å². The third-order valence-electron chi connectivity index (χ3n) is 1.44. The maximum Gasteiger partial charge on any atom is 0.254 e. The van der Waals surface area contributed by atoms with Gasteiger partial charge in [0, 0.05) is 12.4 Å². The van der Waals surface area contributed by atoms with E-state index in [1.54, 1.807) is 0 Å². The van der Waals surface area contributed by atoms with Gasteiger partial charge in [0.1, 0.15) is 0 Å². The second-order valence-corrected chi connectivity index (χ2v) is 2.91. The Bertz CT molecular complexity index is 367. The van der Waals surface area contributed by atoms with Gasteiger partial charge in [0.25, 0.3) is 5.91 Å². The highest BCUT2D eigenvalue weighted by atomic mass is 35.5. The number of nitrogens with one attached hydrogen (secondary N) is 1. The number of carbonyl (C=O) groups excluding carboxylic acids is 2. The molecule has 0 aliphatic rings. The van der Waals surface area contributed by atoms with Crippen molar-refractivity contribution >= 4 is 23.4 Å². The van der Waals surface area contributed by atoms with Gasteiger partial charge in [0.2, 0.25) is 5.91 Å². The first kappa shape index (κ1) is 10.5. The van der Waals surface area contributed by atoms with Crippen molar-refractivity contribution in [2.45, 2.75) is 0 Å². The van der Waals surface area contributed by atoms with Crippen molar-refractivity contribution < 1.29 is 9.59 Å². The van der Waals surface area contributed by atoms with Crippen molar-refractivity contribution in [1.29, 1.82) is 0 Å². The lowest BCUT2D eigenvalue weighted by Gasteiger charge is -2.03. The quantitative estimate of drug-likeness (QED) is 0.738. The SMILES string of the molecule is NC(=O)CNC(=O)c1cnccc1Cl. The summed E-state index contributed by atoms with van der Waals surface area (Å²) in [5, 5.41) is 2.58. The van der Waals surface area contributed by atoms with Crippen LogP contribution in [-0.4, -0.2) is 23.3 Å². The van der Waals surface area contributed by atoms with Gasteiger partial charge in [-0.3, -0.25) is 14.6 Å². The number of carbonyl (C=O) groups is 2. The molecule has 0 aliphatic carbocycles. The summed E-state index contributed by atoms with van der Waals surface area (Å²) < 4.78 is 0. The van der Waals surface area contributed by atoms with Gasteiger partial charge in [-0.15, -0.1) is 0 Å².